The van der Waals surface area contributed by atoms with Gasteiger partial charge >= 0.3 is 37.7 Å². The quantitative estimate of drug-likeness (QED) is 0.269. The third-order valence-electron chi connectivity index (χ3n) is 0. The predicted molar refractivity (Wildman–Crippen MR) is 65.4 cm³/mol. The van der Waals surface area contributed by atoms with Crippen molar-refractivity contribution in [1.82, 2.24) is 0 Å². The van der Waals surface area contributed by atoms with Gasteiger partial charge in [0.05, 0.1) is 0 Å². The van der Waals surface area contributed by atoms with Gasteiger partial charge in [0.25, 0.3) is 0 Å². The minimum atomic E-state index is 0. The molecule has 12 heavy (non-hydrogen) atoms. The molecule has 2 nitrogen and oxygen atoms in total. The average Bonchev–Trinajstić information content (AvgIpc) is 1.75. The number of hydrogen-bond donors (Lipinski definition) is 3. The van der Waals surface area contributed by atoms with Crippen LogP contribution in [0.5, 0.6) is 0 Å². The van der Waals surface area contributed by atoms with Crippen LogP contribution in [-0.2, 0) is 0 Å². The molecular formula is C4H21B2Li2N2S2. The zero-order valence-corrected chi connectivity index (χ0v) is 8.41. The van der Waals surface area contributed by atoms with Crippen molar-refractivity contribution in [3.05, 3.63) is 6.15 Å². The fourth-order valence-corrected chi connectivity index (χ4v) is 0. The second-order valence-electron chi connectivity index (χ2n) is 0. The van der Waals surface area contributed by atoms with Gasteiger partial charge in [-0.2, -0.15) is 25.3 Å². The fourth-order valence-electron chi connectivity index (χ4n) is 0. The van der Waals surface area contributed by atoms with E-state index in [1.807, 2.05) is 0 Å². The molecule has 0 aliphatic rings. The molecule has 5 radical (unpaired) electrons. The minimum absolute atomic E-state index is 0. The maximum atomic E-state index is 6.07. The molecule has 0 saturated carbocycles. The summed E-state index contributed by atoms with van der Waals surface area (Å²) in [6.07, 6.45) is 0.389. The molecule has 0 unspecified atom stereocenters. The Labute approximate surface area is 122 Å². The first-order valence-corrected chi connectivity index (χ1v) is 2.23. The van der Waals surface area contributed by atoms with E-state index in [9.17, 15) is 0 Å². The molecular weight excluding hydrogens is 176 g/mol. The SMILES string of the molecule is C.C.[2H]CS.[2H]CS.[B].[B]N.[H-].[Li+].[Li+].[NH2-]. The molecule has 4 N–H and O–H groups in total. The molecule has 0 atom stereocenters. The van der Waals surface area contributed by atoms with Crippen molar-refractivity contribution >= 4 is 41.7 Å². The molecule has 0 aromatic heterocycles. The van der Waals surface area contributed by atoms with Crippen LogP contribution in [0, 0.1) is 0 Å². The van der Waals surface area contributed by atoms with Crippen molar-refractivity contribution in [3.8, 4) is 0 Å². The van der Waals surface area contributed by atoms with Crippen molar-refractivity contribution in [2.24, 2.45) is 5.64 Å². The normalized spacial score (nSPS) is 3.58. The maximum absolute atomic E-state index is 6.07. The van der Waals surface area contributed by atoms with Crippen molar-refractivity contribution in [3.63, 3.8) is 0 Å². The van der Waals surface area contributed by atoms with Crippen molar-refractivity contribution in [2.45, 2.75) is 14.9 Å². The van der Waals surface area contributed by atoms with Crippen LogP contribution < -0.4 is 43.4 Å². The van der Waals surface area contributed by atoms with E-state index in [4.69, 9.17) is 2.74 Å². The van der Waals surface area contributed by atoms with Crippen LogP contribution in [-0.4, -0.2) is 28.9 Å². The van der Waals surface area contributed by atoms with Crippen molar-refractivity contribution in [2.75, 3.05) is 12.5 Å². The van der Waals surface area contributed by atoms with E-state index >= 15 is 0 Å². The zero-order valence-electron chi connectivity index (χ0n) is 9.62. The van der Waals surface area contributed by atoms with Crippen LogP contribution in [0.4, 0.5) is 0 Å². The van der Waals surface area contributed by atoms with Crippen LogP contribution in [0.3, 0.4) is 0 Å². The van der Waals surface area contributed by atoms with Gasteiger partial charge in [0.2, 0.25) is 0 Å². The minimum Gasteiger partial charge on any atom is -1.00 e. The van der Waals surface area contributed by atoms with Gasteiger partial charge < -0.3 is 13.2 Å². The van der Waals surface area contributed by atoms with E-state index in [0.29, 0.717) is 0 Å². The third kappa shape index (κ3) is 378. The Morgan fingerprint density at radius 3 is 1.17 bits per heavy atom. The van der Waals surface area contributed by atoms with Gasteiger partial charge in [-0.25, -0.2) is 0 Å². The Morgan fingerprint density at radius 2 is 1.17 bits per heavy atom. The second kappa shape index (κ2) is 488. The Kier molecular flexibility index (Phi) is 1970. The zero-order chi connectivity index (χ0) is 7.41. The number of rotatable bonds is 0. The Hall–Kier alpha value is 1.94. The van der Waals surface area contributed by atoms with Crippen LogP contribution in [0.1, 0.15) is 19.0 Å². The van der Waals surface area contributed by atoms with Crippen molar-refractivity contribution in [1.29, 1.82) is 0 Å². The van der Waals surface area contributed by atoms with E-state index in [2.05, 4.69) is 38.9 Å². The maximum Gasteiger partial charge on any atom is 1.00 e. The summed E-state index contributed by atoms with van der Waals surface area (Å²) in [7, 11) is 4.00. The van der Waals surface area contributed by atoms with Crippen LogP contribution in [0.25, 0.3) is 6.15 Å². The fraction of sp³-hybridized carbons (Fsp3) is 1.00. The Bertz CT molecular complexity index is 39.8. The average molecular weight is 199 g/mol. The Morgan fingerprint density at radius 1 is 1.17 bits per heavy atom. The topological polar surface area (TPSA) is 59.5 Å². The molecule has 0 fully saturated rings. The number of thiol groups is 2. The van der Waals surface area contributed by atoms with Gasteiger partial charge in [-0.1, -0.05) is 14.9 Å². The molecule has 0 saturated heterocycles. The van der Waals surface area contributed by atoms with Gasteiger partial charge in [0, 0.05) is 11.2 Å². The molecule has 0 aromatic carbocycles. The molecule has 8 heteroatoms. The number of nitrogens with two attached hydrogens (primary N) is 2. The van der Waals surface area contributed by atoms with Gasteiger partial charge in [-0.3, -0.25) is 0 Å². The summed E-state index contributed by atoms with van der Waals surface area (Å²) in [6, 6.07) is 0. The van der Waals surface area contributed by atoms with Crippen LogP contribution in [0.2, 0.25) is 0 Å². The van der Waals surface area contributed by atoms with E-state index in [-0.39, 0.29) is 81.0 Å². The molecule has 0 spiro atoms. The van der Waals surface area contributed by atoms with Gasteiger partial charge in [-0.05, 0) is 12.5 Å². The molecule has 67 valence electrons. The van der Waals surface area contributed by atoms with Crippen molar-refractivity contribution < 1.29 is 41.9 Å². The van der Waals surface area contributed by atoms with Crippen LogP contribution in [0.15, 0.2) is 0 Å². The molecule has 0 heterocycles. The summed E-state index contributed by atoms with van der Waals surface area (Å²) in [5.41, 5.74) is 4.00. The molecule has 0 bridgehead atoms. The summed E-state index contributed by atoms with van der Waals surface area (Å²) < 4.78 is 12.1. The van der Waals surface area contributed by atoms with E-state index in [1.165, 1.54) is 0 Å². The molecule has 0 aliphatic heterocycles. The van der Waals surface area contributed by atoms with Gasteiger partial charge in [0.15, 0.2) is 7.98 Å². The summed E-state index contributed by atoms with van der Waals surface area (Å²) in [4.78, 5) is 0. The summed E-state index contributed by atoms with van der Waals surface area (Å²) in [5, 5.41) is 0. The first-order valence-electron chi connectivity index (χ1n) is 2.38. The summed E-state index contributed by atoms with van der Waals surface area (Å²) >= 11 is 6.91. The first kappa shape index (κ1) is 48.4. The van der Waals surface area contributed by atoms with E-state index in [1.54, 1.807) is 0 Å². The second-order valence-corrected chi connectivity index (χ2v) is 0. The summed E-state index contributed by atoms with van der Waals surface area (Å²) in [6.45, 7) is 0. The smallest absolute Gasteiger partial charge is 1.00 e. The first-order chi connectivity index (χ1) is 3.83. The Balaban J connectivity index is -0.00000000256. The van der Waals surface area contributed by atoms with Crippen LogP contribution >= 0.6 is 25.3 Å². The molecule has 0 aromatic rings. The molecule has 0 amide bonds. The van der Waals surface area contributed by atoms with Gasteiger partial charge in [0.1, 0.15) is 0 Å². The molecule has 0 rings (SSSR count). The molecule has 0 aliphatic carbocycles. The largest absolute Gasteiger partial charge is 1.00 e. The standard InChI is InChI=1S/2CH4S.2CH4.BH2N.B.2Li.H2N.H/c2*1-2;;;1-2;;;;;/h2*2H,1H3;2*1H4;2H2;;;;1H2;/q;;;;;;2*+1;2*-1/i2*1D;;;;;;;;. The van der Waals surface area contributed by atoms with E-state index < -0.39 is 0 Å². The number of hydrogen-bond acceptors (Lipinski definition) is 3. The third-order valence-corrected chi connectivity index (χ3v) is 0. The predicted octanol–water partition coefficient (Wildman–Crippen LogP) is -4.15. The summed E-state index contributed by atoms with van der Waals surface area (Å²) in [5.74, 6) is 0. The van der Waals surface area contributed by atoms with E-state index in [0.717, 1.165) is 0 Å². The van der Waals surface area contributed by atoms with Gasteiger partial charge in [-0.15, -0.1) is 0 Å². The monoisotopic (exact) mass is 199 g/mol.